The Morgan fingerprint density at radius 2 is 0.806 bits per heavy atom. The quantitative estimate of drug-likeness (QED) is 0.277. The van der Waals surface area contributed by atoms with Gasteiger partial charge in [-0.15, -0.1) is 0 Å². The molecule has 2 saturated carbocycles. The van der Waals surface area contributed by atoms with Gasteiger partial charge in [0, 0.05) is 24.2 Å². The van der Waals surface area contributed by atoms with Crippen LogP contribution in [0.15, 0.2) is 0 Å². The highest BCUT2D eigenvalue weighted by Crippen LogP contribution is 2.44. The van der Waals surface area contributed by atoms with E-state index in [0.717, 1.165) is 71.5 Å². The Hall–Kier alpha value is -0.0800. The topological polar surface area (TPSA) is 24.1 Å². The van der Waals surface area contributed by atoms with Crippen LogP contribution in [0.5, 0.6) is 0 Å². The number of fused-ring (bicyclic) bond motifs is 2. The van der Waals surface area contributed by atoms with Gasteiger partial charge in [0.2, 0.25) is 0 Å². The summed E-state index contributed by atoms with van der Waals surface area (Å²) in [6.07, 6.45) is 23.1. The van der Waals surface area contributed by atoms with Crippen LogP contribution in [0.3, 0.4) is 0 Å². The summed E-state index contributed by atoms with van der Waals surface area (Å²) in [5.74, 6) is 7.21. The average Bonchev–Trinajstić information content (AvgIpc) is 2.85. The molecule has 36 heavy (non-hydrogen) atoms. The number of piperidine rings is 2. The summed E-state index contributed by atoms with van der Waals surface area (Å²) < 4.78 is 0. The molecular weight excluding hydrogens is 436 g/mol. The van der Waals surface area contributed by atoms with Gasteiger partial charge in [-0.05, 0) is 73.0 Å². The highest BCUT2D eigenvalue weighted by Gasteiger charge is 2.44. The fourth-order valence-corrected chi connectivity index (χ4v) is 9.81. The summed E-state index contributed by atoms with van der Waals surface area (Å²) in [6, 6.07) is 3.18. The van der Waals surface area contributed by atoms with Crippen molar-refractivity contribution in [3.63, 3.8) is 0 Å². The van der Waals surface area contributed by atoms with Gasteiger partial charge in [-0.2, -0.15) is 0 Å². The molecule has 4 fully saturated rings. The third kappa shape index (κ3) is 6.91. The zero-order chi connectivity index (χ0) is 25.7. The zero-order valence-corrected chi connectivity index (χ0v) is 25.2. The highest BCUT2D eigenvalue weighted by atomic mass is 15.0. The lowest BCUT2D eigenvalue weighted by Crippen LogP contribution is -2.58. The van der Waals surface area contributed by atoms with Gasteiger partial charge in [0.15, 0.2) is 0 Å². The van der Waals surface area contributed by atoms with Crippen LogP contribution in [0, 0.1) is 47.3 Å². The average molecular weight is 501 g/mol. The summed E-state index contributed by atoms with van der Waals surface area (Å²) in [6.45, 7) is 15.2. The Labute approximate surface area is 226 Å². The fraction of sp³-hybridized carbons (Fsp3) is 1.00. The first kappa shape index (κ1) is 28.9. The molecule has 4 rings (SSSR count). The van der Waals surface area contributed by atoms with Crippen molar-refractivity contribution in [1.82, 2.24) is 10.6 Å². The predicted octanol–water partition coefficient (Wildman–Crippen LogP) is 8.99. The maximum Gasteiger partial charge on any atom is 0.0103 e. The van der Waals surface area contributed by atoms with Crippen LogP contribution in [0.25, 0.3) is 0 Å². The normalized spacial score (nSPS) is 45.2. The van der Waals surface area contributed by atoms with E-state index >= 15 is 0 Å². The molecule has 4 aliphatic rings. The second-order valence-electron chi connectivity index (χ2n) is 14.6. The summed E-state index contributed by atoms with van der Waals surface area (Å²) >= 11 is 0. The maximum atomic E-state index is 4.14. The van der Waals surface area contributed by atoms with Crippen LogP contribution in [0.4, 0.5) is 0 Å². The van der Waals surface area contributed by atoms with E-state index in [1.807, 2.05) is 0 Å². The highest BCUT2D eigenvalue weighted by molar-refractivity contribution is 4.99. The second kappa shape index (κ2) is 13.8. The van der Waals surface area contributed by atoms with Gasteiger partial charge in [-0.3, -0.25) is 0 Å². The first-order valence-electron chi connectivity index (χ1n) is 16.9. The molecular formula is C34H64N2. The third-order valence-corrected chi connectivity index (χ3v) is 12.4. The first-order chi connectivity index (χ1) is 17.4. The molecule has 0 bridgehead atoms. The van der Waals surface area contributed by atoms with E-state index < -0.39 is 0 Å². The van der Waals surface area contributed by atoms with Crippen molar-refractivity contribution in [2.75, 3.05) is 0 Å². The van der Waals surface area contributed by atoms with E-state index in [4.69, 9.17) is 0 Å². The van der Waals surface area contributed by atoms with Crippen molar-refractivity contribution in [3.05, 3.63) is 0 Å². The molecule has 2 N–H and O–H groups in total. The first-order valence-corrected chi connectivity index (χ1v) is 16.9. The summed E-state index contributed by atoms with van der Waals surface area (Å²) in [5.41, 5.74) is 0. The monoisotopic (exact) mass is 501 g/mol. The van der Waals surface area contributed by atoms with Crippen LogP contribution in [0.1, 0.15) is 144 Å². The summed E-state index contributed by atoms with van der Waals surface area (Å²) in [7, 11) is 0. The SMILES string of the molecule is CC1CCCC2NC(CCCCCCCCCCC3NC4CCCC(C)C4C(C)C3C)C(C)C(C)C12. The van der Waals surface area contributed by atoms with Gasteiger partial charge < -0.3 is 10.6 Å². The van der Waals surface area contributed by atoms with Crippen molar-refractivity contribution in [2.45, 2.75) is 168 Å². The number of unbranched alkanes of at least 4 members (excludes halogenated alkanes) is 7. The van der Waals surface area contributed by atoms with Gasteiger partial charge in [-0.25, -0.2) is 0 Å². The van der Waals surface area contributed by atoms with Crippen molar-refractivity contribution >= 4 is 0 Å². The van der Waals surface area contributed by atoms with Crippen LogP contribution in [-0.4, -0.2) is 24.2 Å². The molecule has 2 nitrogen and oxygen atoms in total. The molecule has 2 aliphatic heterocycles. The van der Waals surface area contributed by atoms with Crippen LogP contribution in [0.2, 0.25) is 0 Å². The molecule has 0 aromatic rings. The lowest BCUT2D eigenvalue weighted by atomic mass is 9.63. The Morgan fingerprint density at radius 1 is 0.444 bits per heavy atom. The minimum atomic E-state index is 0.775. The molecule has 2 aliphatic carbocycles. The van der Waals surface area contributed by atoms with E-state index in [0.29, 0.717) is 0 Å². The smallest absolute Gasteiger partial charge is 0.0103 e. The van der Waals surface area contributed by atoms with Crippen molar-refractivity contribution in [1.29, 1.82) is 0 Å². The third-order valence-electron chi connectivity index (χ3n) is 12.4. The molecule has 12 unspecified atom stereocenters. The lowest BCUT2D eigenvalue weighted by molar-refractivity contribution is 0.0302. The molecule has 0 radical (unpaired) electrons. The van der Waals surface area contributed by atoms with Gasteiger partial charge >= 0.3 is 0 Å². The zero-order valence-electron chi connectivity index (χ0n) is 25.2. The van der Waals surface area contributed by atoms with Crippen LogP contribution < -0.4 is 10.6 Å². The molecule has 2 saturated heterocycles. The standard InChI is InChI=1S/C34H64N2/c1-23-17-15-21-31-33(23)27(5)25(3)29(35-31)19-13-11-9-7-8-10-12-14-20-30-26(4)28(6)34-24(2)18-16-22-32(34)36-30/h23-36H,7-22H2,1-6H3. The van der Waals surface area contributed by atoms with E-state index in [2.05, 4.69) is 52.2 Å². The van der Waals surface area contributed by atoms with E-state index in [1.165, 1.54) is 103 Å². The van der Waals surface area contributed by atoms with Crippen molar-refractivity contribution in [2.24, 2.45) is 47.3 Å². The number of nitrogens with one attached hydrogen (secondary N) is 2. The van der Waals surface area contributed by atoms with Gasteiger partial charge in [-0.1, -0.05) is 119 Å². The number of hydrogen-bond donors (Lipinski definition) is 2. The minimum Gasteiger partial charge on any atom is -0.311 e. The maximum absolute atomic E-state index is 4.14. The van der Waals surface area contributed by atoms with Gasteiger partial charge in [0.1, 0.15) is 0 Å². The largest absolute Gasteiger partial charge is 0.311 e. The molecule has 210 valence electrons. The molecule has 0 spiro atoms. The minimum absolute atomic E-state index is 0.775. The Bertz CT molecular complexity index is 575. The van der Waals surface area contributed by atoms with Crippen LogP contribution in [-0.2, 0) is 0 Å². The van der Waals surface area contributed by atoms with Crippen molar-refractivity contribution < 1.29 is 0 Å². The Morgan fingerprint density at radius 3 is 1.19 bits per heavy atom. The van der Waals surface area contributed by atoms with E-state index in [-0.39, 0.29) is 0 Å². The predicted molar refractivity (Wildman–Crippen MR) is 157 cm³/mol. The molecule has 2 heteroatoms. The fourth-order valence-electron chi connectivity index (χ4n) is 9.81. The molecule has 0 amide bonds. The van der Waals surface area contributed by atoms with Crippen LogP contribution >= 0.6 is 0 Å². The van der Waals surface area contributed by atoms with Crippen molar-refractivity contribution in [3.8, 4) is 0 Å². The number of hydrogen-bond acceptors (Lipinski definition) is 2. The Kier molecular flexibility index (Phi) is 11.1. The summed E-state index contributed by atoms with van der Waals surface area (Å²) in [4.78, 5) is 0. The van der Waals surface area contributed by atoms with E-state index in [1.54, 1.807) is 0 Å². The van der Waals surface area contributed by atoms with Gasteiger partial charge in [0.25, 0.3) is 0 Å². The molecule has 0 aromatic carbocycles. The molecule has 0 aromatic heterocycles. The summed E-state index contributed by atoms with van der Waals surface area (Å²) in [5, 5.41) is 8.27. The molecule has 2 heterocycles. The van der Waals surface area contributed by atoms with E-state index in [9.17, 15) is 0 Å². The lowest BCUT2D eigenvalue weighted by Gasteiger charge is -2.51. The Balaban J connectivity index is 1.03. The second-order valence-corrected chi connectivity index (χ2v) is 14.6. The number of rotatable bonds is 11. The van der Waals surface area contributed by atoms with Gasteiger partial charge in [0.05, 0.1) is 0 Å². The molecule has 12 atom stereocenters.